The molecule has 1 saturated heterocycles. The molecule has 2 heterocycles. The SMILES string of the molecule is CCOC(=O)c1cccc(Nc2ccc(-c3ccc(C)c(S(=O)(=O)N4CCOCC4)c3)nn2)c1. The number of anilines is 2. The molecule has 1 aromatic heterocycles. The highest BCUT2D eigenvalue weighted by atomic mass is 32.2. The van der Waals surface area contributed by atoms with Crippen molar-refractivity contribution in [1.29, 1.82) is 0 Å². The molecular formula is C24H26N4O5S. The minimum absolute atomic E-state index is 0.256. The zero-order chi connectivity index (χ0) is 24.1. The molecule has 10 heteroatoms. The number of carbonyl (C=O) groups is 1. The molecule has 9 nitrogen and oxygen atoms in total. The second kappa shape index (κ2) is 10.3. The van der Waals surface area contributed by atoms with Gasteiger partial charge in [-0.25, -0.2) is 13.2 Å². The number of hydrogen-bond acceptors (Lipinski definition) is 8. The van der Waals surface area contributed by atoms with Gasteiger partial charge < -0.3 is 14.8 Å². The van der Waals surface area contributed by atoms with Crippen LogP contribution in [0.25, 0.3) is 11.3 Å². The molecule has 4 rings (SSSR count). The van der Waals surface area contributed by atoms with Crippen molar-refractivity contribution in [3.05, 3.63) is 65.7 Å². The van der Waals surface area contributed by atoms with Gasteiger partial charge in [-0.1, -0.05) is 18.2 Å². The van der Waals surface area contributed by atoms with E-state index in [1.165, 1.54) is 4.31 Å². The fourth-order valence-corrected chi connectivity index (χ4v) is 5.26. The van der Waals surface area contributed by atoms with Crippen LogP contribution in [0.2, 0.25) is 0 Å². The standard InChI is InChI=1S/C24H26N4O5S/c1-3-33-24(29)19-5-4-6-20(15-19)25-23-10-9-21(26-27-23)18-8-7-17(2)22(16-18)34(30,31)28-11-13-32-14-12-28/h4-10,15-16H,3,11-14H2,1-2H3,(H,25,27). The normalized spacial score (nSPS) is 14.5. The van der Waals surface area contributed by atoms with Gasteiger partial charge in [0.25, 0.3) is 0 Å². The molecule has 0 amide bonds. The van der Waals surface area contributed by atoms with E-state index in [1.807, 2.05) is 6.07 Å². The third-order valence-electron chi connectivity index (χ3n) is 5.38. The van der Waals surface area contributed by atoms with Crippen molar-refractivity contribution in [1.82, 2.24) is 14.5 Å². The maximum absolute atomic E-state index is 13.2. The molecule has 0 saturated carbocycles. The molecular weight excluding hydrogens is 456 g/mol. The molecule has 0 aliphatic carbocycles. The minimum Gasteiger partial charge on any atom is -0.462 e. The fraction of sp³-hybridized carbons (Fsp3) is 0.292. The first-order chi connectivity index (χ1) is 16.4. The van der Waals surface area contributed by atoms with Crippen molar-refractivity contribution < 1.29 is 22.7 Å². The molecule has 0 radical (unpaired) electrons. The Hall–Kier alpha value is -3.34. The van der Waals surface area contributed by atoms with Gasteiger partial charge in [0, 0.05) is 24.3 Å². The summed E-state index contributed by atoms with van der Waals surface area (Å²) >= 11 is 0. The van der Waals surface area contributed by atoms with E-state index < -0.39 is 16.0 Å². The lowest BCUT2D eigenvalue weighted by Gasteiger charge is -2.26. The van der Waals surface area contributed by atoms with Crippen LogP contribution in [0.1, 0.15) is 22.8 Å². The molecule has 0 unspecified atom stereocenters. The zero-order valence-electron chi connectivity index (χ0n) is 19.0. The summed E-state index contributed by atoms with van der Waals surface area (Å²) in [4.78, 5) is 12.2. The number of rotatable bonds is 7. The Labute approximate surface area is 198 Å². The Morgan fingerprint density at radius 3 is 2.59 bits per heavy atom. The first kappa shape index (κ1) is 23.8. The van der Waals surface area contributed by atoms with Gasteiger partial charge in [-0.15, -0.1) is 10.2 Å². The van der Waals surface area contributed by atoms with Crippen molar-refractivity contribution in [2.24, 2.45) is 0 Å². The summed E-state index contributed by atoms with van der Waals surface area (Å²) in [7, 11) is -3.63. The number of ether oxygens (including phenoxy) is 2. The average Bonchev–Trinajstić information content (AvgIpc) is 2.86. The van der Waals surface area contributed by atoms with E-state index >= 15 is 0 Å². The third kappa shape index (κ3) is 5.24. The van der Waals surface area contributed by atoms with E-state index in [2.05, 4.69) is 15.5 Å². The number of nitrogens with one attached hydrogen (secondary N) is 1. The van der Waals surface area contributed by atoms with Gasteiger partial charge in [0.1, 0.15) is 0 Å². The highest BCUT2D eigenvalue weighted by Crippen LogP contribution is 2.27. The molecule has 0 bridgehead atoms. The van der Waals surface area contributed by atoms with Crippen LogP contribution >= 0.6 is 0 Å². The van der Waals surface area contributed by atoms with Gasteiger partial charge in [0.05, 0.1) is 36.0 Å². The van der Waals surface area contributed by atoms with Gasteiger partial charge in [-0.3, -0.25) is 0 Å². The molecule has 0 spiro atoms. The Balaban J connectivity index is 1.54. The molecule has 1 aliphatic heterocycles. The Bertz CT molecular complexity index is 1270. The Kier molecular flexibility index (Phi) is 7.20. The summed E-state index contributed by atoms with van der Waals surface area (Å²) in [6, 6.07) is 15.7. The molecule has 1 fully saturated rings. The second-order valence-electron chi connectivity index (χ2n) is 7.73. The number of aromatic nitrogens is 2. The predicted octanol–water partition coefficient (Wildman–Crippen LogP) is 3.39. The maximum atomic E-state index is 13.2. The van der Waals surface area contributed by atoms with E-state index in [4.69, 9.17) is 9.47 Å². The van der Waals surface area contributed by atoms with E-state index in [-0.39, 0.29) is 4.90 Å². The molecule has 34 heavy (non-hydrogen) atoms. The number of hydrogen-bond donors (Lipinski definition) is 1. The van der Waals surface area contributed by atoms with Crippen LogP contribution in [0.5, 0.6) is 0 Å². The van der Waals surface area contributed by atoms with Crippen LogP contribution in [0, 0.1) is 6.92 Å². The van der Waals surface area contributed by atoms with Crippen molar-refractivity contribution in [3.63, 3.8) is 0 Å². The lowest BCUT2D eigenvalue weighted by Crippen LogP contribution is -2.40. The smallest absolute Gasteiger partial charge is 0.338 e. The van der Waals surface area contributed by atoms with Crippen molar-refractivity contribution in [3.8, 4) is 11.3 Å². The second-order valence-corrected chi connectivity index (χ2v) is 9.63. The first-order valence-corrected chi connectivity index (χ1v) is 12.4. The number of esters is 1. The van der Waals surface area contributed by atoms with Crippen LogP contribution < -0.4 is 5.32 Å². The van der Waals surface area contributed by atoms with Gasteiger partial charge >= 0.3 is 5.97 Å². The van der Waals surface area contributed by atoms with Crippen LogP contribution in [0.15, 0.2) is 59.5 Å². The van der Waals surface area contributed by atoms with E-state index in [9.17, 15) is 13.2 Å². The summed E-state index contributed by atoms with van der Waals surface area (Å²) in [6.07, 6.45) is 0. The van der Waals surface area contributed by atoms with E-state index in [0.29, 0.717) is 66.8 Å². The summed E-state index contributed by atoms with van der Waals surface area (Å²) < 4.78 is 38.1. The number of nitrogens with zero attached hydrogens (tertiary/aromatic N) is 3. The van der Waals surface area contributed by atoms with Gasteiger partial charge in [0.15, 0.2) is 5.82 Å². The largest absolute Gasteiger partial charge is 0.462 e. The highest BCUT2D eigenvalue weighted by molar-refractivity contribution is 7.89. The van der Waals surface area contributed by atoms with E-state index in [1.54, 1.807) is 62.4 Å². The Morgan fingerprint density at radius 2 is 1.88 bits per heavy atom. The summed E-state index contributed by atoms with van der Waals surface area (Å²) in [6.45, 7) is 5.29. The number of sulfonamides is 1. The summed E-state index contributed by atoms with van der Waals surface area (Å²) in [5.41, 5.74) is 2.97. The monoisotopic (exact) mass is 482 g/mol. The van der Waals surface area contributed by atoms with Crippen LogP contribution in [-0.2, 0) is 19.5 Å². The Morgan fingerprint density at radius 1 is 1.09 bits per heavy atom. The number of benzene rings is 2. The molecule has 2 aromatic carbocycles. The summed E-state index contributed by atoms with van der Waals surface area (Å²) in [5.74, 6) is 0.0906. The number of morpholine rings is 1. The average molecular weight is 483 g/mol. The van der Waals surface area contributed by atoms with Crippen LogP contribution in [0.4, 0.5) is 11.5 Å². The quantitative estimate of drug-likeness (QED) is 0.510. The van der Waals surface area contributed by atoms with Gasteiger partial charge in [-0.05, 0) is 55.8 Å². The van der Waals surface area contributed by atoms with Gasteiger partial charge in [0.2, 0.25) is 10.0 Å². The lowest BCUT2D eigenvalue weighted by molar-refractivity contribution is 0.0526. The summed E-state index contributed by atoms with van der Waals surface area (Å²) in [5, 5.41) is 11.6. The number of carbonyl (C=O) groups excluding carboxylic acids is 1. The maximum Gasteiger partial charge on any atom is 0.338 e. The molecule has 0 atom stereocenters. The molecule has 178 valence electrons. The van der Waals surface area contributed by atoms with E-state index in [0.717, 1.165) is 0 Å². The topological polar surface area (TPSA) is 111 Å². The first-order valence-electron chi connectivity index (χ1n) is 11.0. The molecule has 3 aromatic rings. The van der Waals surface area contributed by atoms with Crippen molar-refractivity contribution in [2.45, 2.75) is 18.7 Å². The molecule has 1 N–H and O–H groups in total. The molecule has 1 aliphatic rings. The lowest BCUT2D eigenvalue weighted by atomic mass is 10.1. The third-order valence-corrected chi connectivity index (χ3v) is 7.42. The minimum atomic E-state index is -3.63. The highest BCUT2D eigenvalue weighted by Gasteiger charge is 2.28. The number of aryl methyl sites for hydroxylation is 1. The predicted molar refractivity (Wildman–Crippen MR) is 127 cm³/mol. The van der Waals surface area contributed by atoms with Gasteiger partial charge in [-0.2, -0.15) is 4.31 Å². The van der Waals surface area contributed by atoms with Crippen molar-refractivity contribution >= 4 is 27.5 Å². The zero-order valence-corrected chi connectivity index (χ0v) is 19.8. The van der Waals surface area contributed by atoms with Crippen LogP contribution in [-0.4, -0.2) is 61.8 Å². The fourth-order valence-electron chi connectivity index (χ4n) is 3.60. The van der Waals surface area contributed by atoms with Crippen molar-refractivity contribution in [2.75, 3.05) is 38.2 Å². The van der Waals surface area contributed by atoms with Crippen LogP contribution in [0.3, 0.4) is 0 Å².